The van der Waals surface area contributed by atoms with Crippen molar-refractivity contribution in [3.63, 3.8) is 0 Å². The Morgan fingerprint density at radius 2 is 1.93 bits per heavy atom. The summed E-state index contributed by atoms with van der Waals surface area (Å²) in [6, 6.07) is -1.21. The molecule has 0 saturated heterocycles. The van der Waals surface area contributed by atoms with Crippen LogP contribution in [0.25, 0.3) is 0 Å². The molecule has 8 nitrogen and oxygen atoms in total. The van der Waals surface area contributed by atoms with Gasteiger partial charge in [0.1, 0.15) is 6.04 Å². The zero-order chi connectivity index (χ0) is 11.4. The number of aliphatic carboxylic acids is 1. The highest BCUT2D eigenvalue weighted by atomic mass is 31.2. The largest absolute Gasteiger partial charge is 0.480 e. The molecule has 0 rings (SSSR count). The monoisotopic (exact) mass is 226 g/mol. The number of carbonyl (C=O) groups is 2. The molecule has 1 amide bonds. The lowest BCUT2D eigenvalue weighted by atomic mass is 10.2. The number of nitrogens with one attached hydrogen (secondary N) is 1. The zero-order valence-electron chi connectivity index (χ0n) is 7.08. The van der Waals surface area contributed by atoms with Crippen LogP contribution in [0.15, 0.2) is 0 Å². The van der Waals surface area contributed by atoms with Crippen molar-refractivity contribution in [2.24, 2.45) is 5.73 Å². The summed E-state index contributed by atoms with van der Waals surface area (Å²) >= 11 is 0. The van der Waals surface area contributed by atoms with E-state index in [4.69, 9.17) is 20.6 Å². The Labute approximate surface area is 79.3 Å². The molecule has 0 saturated carbocycles. The SMILES string of the molecule is N[C@@H](CCC(=O)NP(=O)(O)O)C(=O)O. The quantitative estimate of drug-likeness (QED) is 0.353. The minimum absolute atomic E-state index is 0.179. The Morgan fingerprint density at radius 1 is 1.43 bits per heavy atom. The lowest BCUT2D eigenvalue weighted by Crippen LogP contribution is -2.32. The summed E-state index contributed by atoms with van der Waals surface area (Å²) in [7, 11) is -4.59. The van der Waals surface area contributed by atoms with Crippen LogP contribution in [0.2, 0.25) is 0 Å². The zero-order valence-corrected chi connectivity index (χ0v) is 7.98. The predicted octanol–water partition coefficient (Wildman–Crippen LogP) is -1.61. The Bertz CT molecular complexity index is 273. The lowest BCUT2D eigenvalue weighted by Gasteiger charge is -2.07. The van der Waals surface area contributed by atoms with E-state index in [2.05, 4.69) is 0 Å². The first-order valence-electron chi connectivity index (χ1n) is 3.57. The molecule has 0 bridgehead atoms. The first-order chi connectivity index (χ1) is 6.22. The van der Waals surface area contributed by atoms with E-state index in [-0.39, 0.29) is 12.8 Å². The summed E-state index contributed by atoms with van der Waals surface area (Å²) in [6.45, 7) is 0. The van der Waals surface area contributed by atoms with Gasteiger partial charge in [-0.15, -0.1) is 0 Å². The van der Waals surface area contributed by atoms with Crippen molar-refractivity contribution < 1.29 is 29.0 Å². The van der Waals surface area contributed by atoms with Gasteiger partial charge >= 0.3 is 13.7 Å². The Balaban J connectivity index is 3.87. The maximum atomic E-state index is 10.7. The number of carboxylic acid groups (broad SMARTS) is 1. The van der Waals surface area contributed by atoms with E-state index in [1.54, 1.807) is 0 Å². The molecule has 14 heavy (non-hydrogen) atoms. The Morgan fingerprint density at radius 3 is 2.29 bits per heavy atom. The molecule has 0 aromatic rings. The molecule has 0 aliphatic carbocycles. The Hall–Kier alpha value is -0.950. The second-order valence-electron chi connectivity index (χ2n) is 2.56. The second-order valence-corrected chi connectivity index (χ2v) is 3.87. The number of hydrogen-bond donors (Lipinski definition) is 5. The van der Waals surface area contributed by atoms with E-state index < -0.39 is 25.7 Å². The van der Waals surface area contributed by atoms with Gasteiger partial charge in [-0.2, -0.15) is 0 Å². The molecule has 0 aliphatic heterocycles. The van der Waals surface area contributed by atoms with Gasteiger partial charge in [0.25, 0.3) is 0 Å². The van der Waals surface area contributed by atoms with Crippen molar-refractivity contribution in [1.82, 2.24) is 5.09 Å². The van der Waals surface area contributed by atoms with E-state index in [1.165, 1.54) is 5.09 Å². The van der Waals surface area contributed by atoms with Crippen LogP contribution in [0.5, 0.6) is 0 Å². The fraction of sp³-hybridized carbons (Fsp3) is 0.600. The van der Waals surface area contributed by atoms with Gasteiger partial charge in [0.2, 0.25) is 5.91 Å². The molecule has 6 N–H and O–H groups in total. The average Bonchev–Trinajstić information content (AvgIpc) is 1.96. The van der Waals surface area contributed by atoms with Gasteiger partial charge in [0.15, 0.2) is 0 Å². The van der Waals surface area contributed by atoms with Gasteiger partial charge in [-0.3, -0.25) is 14.7 Å². The van der Waals surface area contributed by atoms with E-state index >= 15 is 0 Å². The minimum atomic E-state index is -4.59. The highest BCUT2D eigenvalue weighted by Crippen LogP contribution is 2.27. The molecule has 0 aromatic heterocycles. The first-order valence-corrected chi connectivity index (χ1v) is 5.18. The van der Waals surface area contributed by atoms with E-state index in [1.807, 2.05) is 0 Å². The molecule has 0 heterocycles. The van der Waals surface area contributed by atoms with Crippen LogP contribution in [0.4, 0.5) is 0 Å². The number of rotatable bonds is 5. The molecule has 9 heteroatoms. The molecule has 82 valence electrons. The van der Waals surface area contributed by atoms with Crippen molar-refractivity contribution in [1.29, 1.82) is 0 Å². The fourth-order valence-electron chi connectivity index (χ4n) is 0.628. The first kappa shape index (κ1) is 13.1. The molecule has 1 atom stereocenters. The van der Waals surface area contributed by atoms with E-state index in [0.717, 1.165) is 0 Å². The van der Waals surface area contributed by atoms with E-state index in [0.29, 0.717) is 0 Å². The van der Waals surface area contributed by atoms with Gasteiger partial charge in [-0.25, -0.2) is 4.57 Å². The smallest absolute Gasteiger partial charge is 0.429 e. The van der Waals surface area contributed by atoms with Crippen molar-refractivity contribution in [2.45, 2.75) is 18.9 Å². The third kappa shape index (κ3) is 6.55. The molecule has 0 spiro atoms. The molecule has 0 unspecified atom stereocenters. The Kier molecular flexibility index (Phi) is 4.72. The van der Waals surface area contributed by atoms with Crippen LogP contribution in [0.1, 0.15) is 12.8 Å². The van der Waals surface area contributed by atoms with Gasteiger partial charge in [0.05, 0.1) is 0 Å². The number of nitrogens with two attached hydrogens (primary N) is 1. The van der Waals surface area contributed by atoms with Gasteiger partial charge in [-0.05, 0) is 6.42 Å². The second kappa shape index (κ2) is 5.06. The summed E-state index contributed by atoms with van der Waals surface area (Å²) in [5.74, 6) is -2.20. The molecular formula is C5H11N2O6P. The van der Waals surface area contributed by atoms with Crippen LogP contribution in [0.3, 0.4) is 0 Å². The molecular weight excluding hydrogens is 215 g/mol. The van der Waals surface area contributed by atoms with Crippen molar-refractivity contribution in [2.75, 3.05) is 0 Å². The lowest BCUT2D eigenvalue weighted by molar-refractivity contribution is -0.138. The standard InChI is InChI=1S/C5H11N2O6P/c6-3(5(9)10)1-2-4(8)7-14(11,12)13/h3H,1-2,6H2,(H,9,10)(H3,7,8,11,12,13)/t3-/m0/s1. The summed E-state index contributed by atoms with van der Waals surface area (Å²) < 4.78 is 10.2. The number of amides is 1. The van der Waals surface area contributed by atoms with Gasteiger partial charge in [-0.1, -0.05) is 0 Å². The minimum Gasteiger partial charge on any atom is -0.480 e. The van der Waals surface area contributed by atoms with Crippen LogP contribution in [-0.4, -0.2) is 32.8 Å². The maximum Gasteiger partial charge on any atom is 0.429 e. The van der Waals surface area contributed by atoms with E-state index in [9.17, 15) is 14.2 Å². The fourth-order valence-corrected chi connectivity index (χ4v) is 1.07. The average molecular weight is 226 g/mol. The van der Waals surface area contributed by atoms with Crippen LogP contribution >= 0.6 is 7.75 Å². The van der Waals surface area contributed by atoms with Crippen molar-refractivity contribution in [3.05, 3.63) is 0 Å². The van der Waals surface area contributed by atoms with Crippen LogP contribution in [0, 0.1) is 0 Å². The third-order valence-electron chi connectivity index (χ3n) is 1.27. The topological polar surface area (TPSA) is 150 Å². The highest BCUT2D eigenvalue weighted by molar-refractivity contribution is 7.50. The summed E-state index contributed by atoms with van der Waals surface area (Å²) in [4.78, 5) is 37.5. The number of carbonyl (C=O) groups excluding carboxylic acids is 1. The van der Waals surface area contributed by atoms with Crippen molar-refractivity contribution in [3.8, 4) is 0 Å². The summed E-state index contributed by atoms with van der Waals surface area (Å²) in [6.07, 6.45) is -0.528. The molecule has 0 aliphatic rings. The van der Waals surface area contributed by atoms with Crippen LogP contribution < -0.4 is 10.8 Å². The molecule has 0 fully saturated rings. The highest BCUT2D eigenvalue weighted by Gasteiger charge is 2.19. The molecule has 0 aromatic carbocycles. The number of hydrogen-bond acceptors (Lipinski definition) is 4. The number of carboxylic acids is 1. The summed E-state index contributed by atoms with van der Waals surface area (Å²) in [5.41, 5.74) is 5.05. The van der Waals surface area contributed by atoms with Gasteiger partial charge in [0, 0.05) is 6.42 Å². The molecule has 0 radical (unpaired) electrons. The normalized spacial score (nSPS) is 13.4. The maximum absolute atomic E-state index is 10.7. The summed E-state index contributed by atoms with van der Waals surface area (Å²) in [5, 5.41) is 9.71. The third-order valence-corrected chi connectivity index (χ3v) is 1.81. The van der Waals surface area contributed by atoms with Crippen LogP contribution in [-0.2, 0) is 14.2 Å². The van der Waals surface area contributed by atoms with Gasteiger partial charge < -0.3 is 20.6 Å². The van der Waals surface area contributed by atoms with Crippen molar-refractivity contribution >= 4 is 19.6 Å². The predicted molar refractivity (Wildman–Crippen MR) is 45.0 cm³/mol.